The molecule has 0 amide bonds. The van der Waals surface area contributed by atoms with E-state index in [-0.39, 0.29) is 11.7 Å². The van der Waals surface area contributed by atoms with Gasteiger partial charge < -0.3 is 5.11 Å². The van der Waals surface area contributed by atoms with Crippen molar-refractivity contribution < 1.29 is 18.3 Å². The SMILES string of the molecule is CCC(C)C(=O)O.Cc1nc2cccc(C=CCS(=O)(=O)n3ccc4cc(Cl)ccc43)c2s1. The number of thiazole rings is 1. The van der Waals surface area contributed by atoms with E-state index in [0.29, 0.717) is 10.5 Å². The second-order valence-electron chi connectivity index (χ2n) is 7.57. The molecule has 1 unspecified atom stereocenters. The molecule has 0 saturated carbocycles. The standard InChI is InChI=1S/C19H15ClN2O2S2.C5H10O2/c1-13-21-17-6-2-4-14(19(17)25-13)5-3-11-26(23,24)22-10-9-15-12-16(20)7-8-18(15)22;1-3-4(2)5(6)7/h2-10,12H,11H2,1H3;4H,3H2,1-2H3,(H,6,7). The van der Waals surface area contributed by atoms with Gasteiger partial charge in [-0.3, -0.25) is 4.79 Å². The van der Waals surface area contributed by atoms with Crippen molar-refractivity contribution in [3.05, 3.63) is 70.3 Å². The number of hydrogen-bond acceptors (Lipinski definition) is 5. The number of carbonyl (C=O) groups is 1. The van der Waals surface area contributed by atoms with Crippen molar-refractivity contribution in [2.24, 2.45) is 5.92 Å². The summed E-state index contributed by atoms with van der Waals surface area (Å²) in [5.74, 6) is -0.976. The van der Waals surface area contributed by atoms with Gasteiger partial charge >= 0.3 is 5.97 Å². The molecule has 174 valence electrons. The Labute approximate surface area is 202 Å². The third-order valence-electron chi connectivity index (χ3n) is 5.11. The third kappa shape index (κ3) is 6.01. The van der Waals surface area contributed by atoms with E-state index in [2.05, 4.69) is 4.98 Å². The topological polar surface area (TPSA) is 89.3 Å². The number of hydrogen-bond donors (Lipinski definition) is 1. The van der Waals surface area contributed by atoms with Gasteiger partial charge in [0, 0.05) is 16.6 Å². The fourth-order valence-electron chi connectivity index (χ4n) is 3.09. The van der Waals surface area contributed by atoms with E-state index in [1.165, 1.54) is 3.97 Å². The molecule has 2 heterocycles. The van der Waals surface area contributed by atoms with Crippen LogP contribution in [0.15, 0.2) is 54.7 Å². The number of halogens is 1. The lowest BCUT2D eigenvalue weighted by Gasteiger charge is -2.05. The molecule has 0 aliphatic heterocycles. The lowest BCUT2D eigenvalue weighted by atomic mass is 10.1. The van der Waals surface area contributed by atoms with Gasteiger partial charge in [0.2, 0.25) is 10.0 Å². The lowest BCUT2D eigenvalue weighted by molar-refractivity contribution is -0.141. The van der Waals surface area contributed by atoms with Crippen molar-refractivity contribution in [3.8, 4) is 0 Å². The second-order valence-corrected chi connectivity index (χ2v) is 11.1. The Balaban J connectivity index is 0.000000383. The number of nitrogens with zero attached hydrogens (tertiary/aromatic N) is 2. The summed E-state index contributed by atoms with van der Waals surface area (Å²) in [6, 6.07) is 12.8. The molecular weight excluding hydrogens is 480 g/mol. The van der Waals surface area contributed by atoms with Gasteiger partial charge in [-0.1, -0.05) is 49.7 Å². The van der Waals surface area contributed by atoms with Gasteiger partial charge in [-0.2, -0.15) is 0 Å². The summed E-state index contributed by atoms with van der Waals surface area (Å²) >= 11 is 7.58. The maximum absolute atomic E-state index is 12.7. The molecule has 0 radical (unpaired) electrons. The van der Waals surface area contributed by atoms with E-state index >= 15 is 0 Å². The molecule has 0 aliphatic carbocycles. The van der Waals surface area contributed by atoms with Crippen LogP contribution in [0.2, 0.25) is 5.02 Å². The fourth-order valence-corrected chi connectivity index (χ4v) is 5.40. The second kappa shape index (κ2) is 10.5. The first-order valence-corrected chi connectivity index (χ1v) is 13.2. The van der Waals surface area contributed by atoms with Crippen molar-refractivity contribution in [2.45, 2.75) is 27.2 Å². The Morgan fingerprint density at radius 1 is 1.27 bits per heavy atom. The van der Waals surface area contributed by atoms with E-state index in [9.17, 15) is 13.2 Å². The van der Waals surface area contributed by atoms with Crippen LogP contribution in [0.1, 0.15) is 30.8 Å². The monoisotopic (exact) mass is 504 g/mol. The first kappa shape index (κ1) is 25.0. The lowest BCUT2D eigenvalue weighted by Crippen LogP contribution is -2.14. The van der Waals surface area contributed by atoms with Crippen LogP contribution in [0.3, 0.4) is 0 Å². The number of carboxylic acid groups (broad SMARTS) is 1. The van der Waals surface area contributed by atoms with Gasteiger partial charge in [0.25, 0.3) is 0 Å². The zero-order chi connectivity index (χ0) is 24.2. The molecule has 33 heavy (non-hydrogen) atoms. The van der Waals surface area contributed by atoms with E-state index in [1.54, 1.807) is 54.8 Å². The van der Waals surface area contributed by atoms with Crippen LogP contribution >= 0.6 is 22.9 Å². The summed E-state index contributed by atoms with van der Waals surface area (Å²) in [5.41, 5.74) is 2.54. The average molecular weight is 505 g/mol. The van der Waals surface area contributed by atoms with Gasteiger partial charge in [0.1, 0.15) is 0 Å². The van der Waals surface area contributed by atoms with Crippen LogP contribution in [-0.4, -0.2) is 34.2 Å². The van der Waals surface area contributed by atoms with Gasteiger partial charge in [-0.25, -0.2) is 17.4 Å². The van der Waals surface area contributed by atoms with Crippen molar-refractivity contribution in [3.63, 3.8) is 0 Å². The smallest absolute Gasteiger partial charge is 0.306 e. The minimum Gasteiger partial charge on any atom is -0.481 e. The average Bonchev–Trinajstić information content (AvgIpc) is 3.36. The third-order valence-corrected chi connectivity index (χ3v) is 7.91. The molecule has 2 aromatic heterocycles. The molecule has 0 aliphatic rings. The summed E-state index contributed by atoms with van der Waals surface area (Å²) in [5, 5.41) is 10.6. The number of aliphatic carboxylic acids is 1. The molecule has 9 heteroatoms. The number of rotatable bonds is 6. The highest BCUT2D eigenvalue weighted by Crippen LogP contribution is 2.26. The van der Waals surface area contributed by atoms with Crippen LogP contribution in [-0.2, 0) is 14.8 Å². The molecule has 1 N–H and O–H groups in total. The number of benzene rings is 2. The minimum atomic E-state index is -3.50. The molecule has 0 bridgehead atoms. The van der Waals surface area contributed by atoms with E-state index in [0.717, 1.165) is 32.6 Å². The van der Waals surface area contributed by atoms with Gasteiger partial charge in [-0.05, 0) is 49.2 Å². The molecule has 0 spiro atoms. The molecule has 6 nitrogen and oxygen atoms in total. The molecule has 4 aromatic rings. The predicted octanol–water partition coefficient (Wildman–Crippen LogP) is 6.22. The van der Waals surface area contributed by atoms with E-state index in [4.69, 9.17) is 16.7 Å². The van der Waals surface area contributed by atoms with Crippen molar-refractivity contribution in [1.82, 2.24) is 8.96 Å². The molecule has 1 atom stereocenters. The fraction of sp³-hybridized carbons (Fsp3) is 0.250. The highest BCUT2D eigenvalue weighted by atomic mass is 35.5. The first-order valence-electron chi connectivity index (χ1n) is 10.4. The van der Waals surface area contributed by atoms with Crippen LogP contribution in [0.4, 0.5) is 0 Å². The number of carboxylic acids is 1. The van der Waals surface area contributed by atoms with Gasteiger partial charge in [-0.15, -0.1) is 11.3 Å². The van der Waals surface area contributed by atoms with Gasteiger partial charge in [0.15, 0.2) is 0 Å². The van der Waals surface area contributed by atoms with Crippen molar-refractivity contribution in [1.29, 1.82) is 0 Å². The Morgan fingerprint density at radius 2 is 2.03 bits per heavy atom. The quantitative estimate of drug-likeness (QED) is 0.336. The summed E-state index contributed by atoms with van der Waals surface area (Å²) in [6.45, 7) is 5.52. The Kier molecular flexibility index (Phi) is 7.94. The summed E-state index contributed by atoms with van der Waals surface area (Å²) in [4.78, 5) is 14.4. The molecule has 0 fully saturated rings. The summed E-state index contributed by atoms with van der Waals surface area (Å²) in [7, 11) is -3.50. The van der Waals surface area contributed by atoms with Crippen LogP contribution < -0.4 is 0 Å². The highest BCUT2D eigenvalue weighted by Gasteiger charge is 2.14. The zero-order valence-electron chi connectivity index (χ0n) is 18.5. The Bertz CT molecular complexity index is 1420. The Hall–Kier alpha value is -2.68. The summed E-state index contributed by atoms with van der Waals surface area (Å²) in [6.07, 6.45) is 5.81. The molecule has 2 aromatic carbocycles. The minimum absolute atomic E-state index is 0.0897. The van der Waals surface area contributed by atoms with Gasteiger partial charge in [0.05, 0.1) is 32.4 Å². The summed E-state index contributed by atoms with van der Waals surface area (Å²) < 4.78 is 27.8. The Morgan fingerprint density at radius 3 is 2.70 bits per heavy atom. The molecule has 0 saturated heterocycles. The first-order chi connectivity index (χ1) is 15.6. The zero-order valence-corrected chi connectivity index (χ0v) is 20.9. The molecular formula is C24H25ClN2O4S2. The highest BCUT2D eigenvalue weighted by molar-refractivity contribution is 7.90. The largest absolute Gasteiger partial charge is 0.481 e. The maximum Gasteiger partial charge on any atom is 0.306 e. The normalized spacial score (nSPS) is 12.7. The number of aryl methyl sites for hydroxylation is 1. The maximum atomic E-state index is 12.7. The predicted molar refractivity (Wildman–Crippen MR) is 137 cm³/mol. The van der Waals surface area contributed by atoms with Crippen LogP contribution in [0.25, 0.3) is 27.2 Å². The van der Waals surface area contributed by atoms with E-state index in [1.807, 2.05) is 38.1 Å². The van der Waals surface area contributed by atoms with Crippen molar-refractivity contribution >= 4 is 66.1 Å². The van der Waals surface area contributed by atoms with Crippen LogP contribution in [0, 0.1) is 12.8 Å². The van der Waals surface area contributed by atoms with E-state index < -0.39 is 16.0 Å². The van der Waals surface area contributed by atoms with Crippen molar-refractivity contribution in [2.75, 3.05) is 5.75 Å². The number of fused-ring (bicyclic) bond motifs is 2. The molecule has 4 rings (SSSR count). The van der Waals surface area contributed by atoms with Crippen LogP contribution in [0.5, 0.6) is 0 Å². The number of aromatic nitrogens is 2.